The minimum Gasteiger partial charge on any atom is -0.299 e. The van der Waals surface area contributed by atoms with Crippen molar-refractivity contribution in [1.29, 1.82) is 0 Å². The first-order chi connectivity index (χ1) is 5.04. The summed E-state index contributed by atoms with van der Waals surface area (Å²) in [5.74, 6) is 0.557. The van der Waals surface area contributed by atoms with E-state index in [1.165, 1.54) is 18.3 Å². The first kappa shape index (κ1) is 11.1. The summed E-state index contributed by atoms with van der Waals surface area (Å²) in [5, 5.41) is 2.49. The maximum atomic E-state index is 11.6. The Balaban J connectivity index is 4.10. The first-order valence-corrected chi connectivity index (χ1v) is 7.04. The van der Waals surface area contributed by atoms with Gasteiger partial charge in [-0.15, -0.1) is 0 Å². The molecule has 0 aromatic heterocycles. The van der Waals surface area contributed by atoms with Crippen molar-refractivity contribution in [3.8, 4) is 0 Å². The fourth-order valence-electron chi connectivity index (χ4n) is 0.651. The molecule has 0 aromatic carbocycles. The van der Waals surface area contributed by atoms with Gasteiger partial charge < -0.3 is 0 Å². The zero-order valence-electron chi connectivity index (χ0n) is 7.09. The molecule has 0 aliphatic rings. The average molecular weight is 195 g/mol. The van der Waals surface area contributed by atoms with Crippen molar-refractivity contribution in [3.05, 3.63) is 0 Å². The van der Waals surface area contributed by atoms with Crippen LogP contribution in [0.5, 0.6) is 0 Å². The lowest BCUT2D eigenvalue weighted by Gasteiger charge is -2.14. The molecule has 0 heterocycles. The highest BCUT2D eigenvalue weighted by atomic mass is 32.7. The monoisotopic (exact) mass is 195 g/mol. The van der Waals surface area contributed by atoms with Gasteiger partial charge in [-0.05, 0) is 5.75 Å². The van der Waals surface area contributed by atoms with E-state index in [0.717, 1.165) is 5.75 Å². The van der Waals surface area contributed by atoms with Gasteiger partial charge in [0, 0.05) is 13.1 Å². The molecule has 0 saturated carbocycles. The Kier molecular flexibility index (Phi) is 4.86. The average Bonchev–Trinajstić information content (AvgIpc) is 1.87. The zero-order valence-corrected chi connectivity index (χ0v) is 8.80. The van der Waals surface area contributed by atoms with Gasteiger partial charge in [0.25, 0.3) is 0 Å². The number of amides is 1. The summed E-state index contributed by atoms with van der Waals surface area (Å²) in [5.41, 5.74) is 0. The summed E-state index contributed by atoms with van der Waals surface area (Å²) in [7, 11) is 0. The summed E-state index contributed by atoms with van der Waals surface area (Å²) in [4.78, 5) is 10.6. The van der Waals surface area contributed by atoms with Crippen molar-refractivity contribution >= 4 is 23.8 Å². The van der Waals surface area contributed by atoms with E-state index >= 15 is 0 Å². The van der Waals surface area contributed by atoms with E-state index in [4.69, 9.17) is 0 Å². The molecule has 1 atom stereocenters. The van der Waals surface area contributed by atoms with E-state index in [-0.39, 0.29) is 5.91 Å². The maximum Gasteiger partial charge on any atom is 0.225 e. The summed E-state index contributed by atoms with van der Waals surface area (Å²) in [6, 6.07) is 0. The number of hydrogen-bond acceptors (Lipinski definition) is 3. The Morgan fingerprint density at radius 3 is 2.36 bits per heavy atom. The SMILES string of the molecule is CCSP(=O)(CC)NC(C)=O. The molecule has 0 aliphatic heterocycles. The molecule has 0 radical (unpaired) electrons. The Morgan fingerprint density at radius 2 is 2.09 bits per heavy atom. The normalized spacial score (nSPS) is 15.5. The lowest BCUT2D eigenvalue weighted by Crippen LogP contribution is -2.15. The Morgan fingerprint density at radius 1 is 1.55 bits per heavy atom. The topological polar surface area (TPSA) is 46.2 Å². The Labute approximate surface area is 71.5 Å². The highest BCUT2D eigenvalue weighted by Crippen LogP contribution is 2.53. The molecule has 1 unspecified atom stereocenters. The lowest BCUT2D eigenvalue weighted by atomic mass is 10.8. The molecule has 1 N–H and O–H groups in total. The molecule has 5 heteroatoms. The quantitative estimate of drug-likeness (QED) is 0.698. The van der Waals surface area contributed by atoms with Crippen molar-refractivity contribution in [3.63, 3.8) is 0 Å². The van der Waals surface area contributed by atoms with E-state index in [1.807, 2.05) is 13.8 Å². The second-order valence-corrected chi connectivity index (χ2v) is 7.66. The summed E-state index contributed by atoms with van der Waals surface area (Å²) >= 11 is 1.33. The number of carbonyl (C=O) groups excluding carboxylic acids is 1. The molecule has 0 rings (SSSR count). The third-order valence-electron chi connectivity index (χ3n) is 1.08. The molecule has 66 valence electrons. The predicted molar refractivity (Wildman–Crippen MR) is 50.1 cm³/mol. The van der Waals surface area contributed by atoms with Crippen LogP contribution in [-0.2, 0) is 9.36 Å². The number of hydrogen-bond donors (Lipinski definition) is 1. The Hall–Kier alpha value is 0.0500. The van der Waals surface area contributed by atoms with Gasteiger partial charge in [0.05, 0.1) is 0 Å². The van der Waals surface area contributed by atoms with Crippen LogP contribution in [0.25, 0.3) is 0 Å². The van der Waals surface area contributed by atoms with Gasteiger partial charge in [-0.25, -0.2) is 0 Å². The van der Waals surface area contributed by atoms with Crippen molar-refractivity contribution in [1.82, 2.24) is 5.09 Å². The van der Waals surface area contributed by atoms with E-state index in [2.05, 4.69) is 5.09 Å². The molecular formula is C6H14NO2PS. The van der Waals surface area contributed by atoms with Crippen LogP contribution >= 0.6 is 17.9 Å². The van der Waals surface area contributed by atoms with Gasteiger partial charge in [-0.3, -0.25) is 14.4 Å². The molecule has 0 bridgehead atoms. The molecule has 1 amide bonds. The van der Waals surface area contributed by atoms with Crippen LogP contribution in [0, 0.1) is 0 Å². The second-order valence-electron chi connectivity index (χ2n) is 2.08. The van der Waals surface area contributed by atoms with Gasteiger partial charge in [0.2, 0.25) is 12.4 Å². The van der Waals surface area contributed by atoms with Gasteiger partial charge in [-0.1, -0.05) is 25.2 Å². The first-order valence-electron chi connectivity index (χ1n) is 3.56. The smallest absolute Gasteiger partial charge is 0.225 e. The Bertz CT molecular complexity index is 183. The number of nitrogens with one attached hydrogen (secondary N) is 1. The standard InChI is InChI=1S/C6H14NO2PS/c1-4-10(9,11-5-2)7-6(3)8/h4-5H2,1-3H3,(H,7,8,9). The van der Waals surface area contributed by atoms with Gasteiger partial charge in [-0.2, -0.15) is 0 Å². The molecule has 0 fully saturated rings. The minimum absolute atomic E-state index is 0.212. The van der Waals surface area contributed by atoms with E-state index in [1.54, 1.807) is 0 Å². The molecule has 0 saturated heterocycles. The van der Waals surface area contributed by atoms with Crippen LogP contribution in [0.4, 0.5) is 0 Å². The minimum atomic E-state index is -2.44. The summed E-state index contributed by atoms with van der Waals surface area (Å²) in [6.45, 7) is 2.69. The predicted octanol–water partition coefficient (Wildman–Crippen LogP) is 2.09. The van der Waals surface area contributed by atoms with Gasteiger partial charge >= 0.3 is 0 Å². The summed E-state index contributed by atoms with van der Waals surface area (Å²) < 4.78 is 11.6. The van der Waals surface area contributed by atoms with Gasteiger partial charge in [0.15, 0.2) is 0 Å². The number of rotatable bonds is 4. The fourth-order valence-corrected chi connectivity index (χ4v) is 4.33. The van der Waals surface area contributed by atoms with Crippen LogP contribution in [0.15, 0.2) is 0 Å². The molecule has 11 heavy (non-hydrogen) atoms. The third-order valence-corrected chi connectivity index (χ3v) is 6.32. The highest BCUT2D eigenvalue weighted by molar-refractivity contribution is 8.57. The van der Waals surface area contributed by atoms with Crippen molar-refractivity contribution in [2.24, 2.45) is 0 Å². The maximum absolute atomic E-state index is 11.6. The van der Waals surface area contributed by atoms with Crippen LogP contribution in [0.1, 0.15) is 20.8 Å². The molecule has 0 aliphatic carbocycles. The van der Waals surface area contributed by atoms with E-state index in [0.29, 0.717) is 6.16 Å². The zero-order chi connectivity index (χ0) is 8.91. The largest absolute Gasteiger partial charge is 0.299 e. The lowest BCUT2D eigenvalue weighted by molar-refractivity contribution is -0.117. The van der Waals surface area contributed by atoms with Gasteiger partial charge in [0.1, 0.15) is 0 Å². The molecule has 0 spiro atoms. The van der Waals surface area contributed by atoms with Crippen molar-refractivity contribution < 1.29 is 9.36 Å². The van der Waals surface area contributed by atoms with E-state index < -0.39 is 6.49 Å². The van der Waals surface area contributed by atoms with Crippen molar-refractivity contribution in [2.45, 2.75) is 20.8 Å². The highest BCUT2D eigenvalue weighted by Gasteiger charge is 2.19. The van der Waals surface area contributed by atoms with Crippen molar-refractivity contribution in [2.75, 3.05) is 11.9 Å². The summed E-state index contributed by atoms with van der Waals surface area (Å²) in [6.07, 6.45) is 0.519. The van der Waals surface area contributed by atoms with Crippen LogP contribution in [0.3, 0.4) is 0 Å². The third kappa shape index (κ3) is 4.49. The fraction of sp³-hybridized carbons (Fsp3) is 0.833. The molecular weight excluding hydrogens is 181 g/mol. The van der Waals surface area contributed by atoms with Crippen LogP contribution in [-0.4, -0.2) is 17.8 Å². The van der Waals surface area contributed by atoms with E-state index in [9.17, 15) is 9.36 Å². The molecule has 0 aromatic rings. The van der Waals surface area contributed by atoms with Crippen LogP contribution in [0.2, 0.25) is 0 Å². The molecule has 3 nitrogen and oxygen atoms in total. The second kappa shape index (κ2) is 4.83. The number of carbonyl (C=O) groups is 1. The van der Waals surface area contributed by atoms with Crippen LogP contribution < -0.4 is 5.09 Å².